The first kappa shape index (κ1) is 15.3. The first-order chi connectivity index (χ1) is 9.78. The third kappa shape index (κ3) is 3.15. The number of aromatic nitrogens is 2. The second kappa shape index (κ2) is 6.56. The molecule has 0 saturated heterocycles. The molecule has 0 spiro atoms. The molecule has 0 unspecified atom stereocenters. The summed E-state index contributed by atoms with van der Waals surface area (Å²) in [5.74, 6) is 0.819. The fourth-order valence-electron chi connectivity index (χ4n) is 1.97. The molecule has 0 fully saturated rings. The van der Waals surface area contributed by atoms with E-state index in [4.69, 9.17) is 10.5 Å². The van der Waals surface area contributed by atoms with Gasteiger partial charge in [-0.05, 0) is 30.3 Å². The molecule has 2 heterocycles. The number of hydrogen-bond acceptors (Lipinski definition) is 5. The molecule has 0 aliphatic rings. The fraction of sp³-hybridized carbons (Fsp3) is 0.0667. The summed E-state index contributed by atoms with van der Waals surface area (Å²) >= 11 is 1.47. The van der Waals surface area contributed by atoms with Crippen LogP contribution in [0.1, 0.15) is 0 Å². The van der Waals surface area contributed by atoms with E-state index in [1.807, 2.05) is 42.6 Å². The lowest BCUT2D eigenvalue weighted by Gasteiger charge is -2.04. The summed E-state index contributed by atoms with van der Waals surface area (Å²) in [5, 5.41) is 0.551. The van der Waals surface area contributed by atoms with Crippen LogP contribution in [0.15, 0.2) is 48.8 Å². The second-order valence-corrected chi connectivity index (χ2v) is 5.23. The molecule has 3 aromatic rings. The van der Waals surface area contributed by atoms with E-state index in [-0.39, 0.29) is 12.4 Å². The van der Waals surface area contributed by atoms with Gasteiger partial charge in [0.05, 0.1) is 17.7 Å². The van der Waals surface area contributed by atoms with Crippen LogP contribution in [0, 0.1) is 0 Å². The molecule has 0 aliphatic carbocycles. The van der Waals surface area contributed by atoms with E-state index >= 15 is 0 Å². The number of methoxy groups -OCH3 is 1. The van der Waals surface area contributed by atoms with Gasteiger partial charge in [-0.2, -0.15) is 0 Å². The molecule has 3 rings (SSSR count). The van der Waals surface area contributed by atoms with Gasteiger partial charge in [-0.1, -0.05) is 17.4 Å². The predicted molar refractivity (Wildman–Crippen MR) is 89.0 cm³/mol. The van der Waals surface area contributed by atoms with E-state index in [9.17, 15) is 0 Å². The standard InChI is InChI=1S/C15H13N3OS.ClH/c1-19-12-6-4-10(5-7-12)13-14(20-15(16)18-13)11-3-2-8-17-9-11;/h2-9H,1H3,(H2,16,18);1H. The molecule has 0 radical (unpaired) electrons. The SMILES string of the molecule is COc1ccc(-c2nc(N)sc2-c2cccnc2)cc1.Cl. The van der Waals surface area contributed by atoms with Crippen molar-refractivity contribution in [3.63, 3.8) is 0 Å². The Morgan fingerprint density at radius 2 is 1.86 bits per heavy atom. The Bertz CT molecular complexity index is 714. The van der Waals surface area contributed by atoms with Crippen LogP contribution >= 0.6 is 23.7 Å². The van der Waals surface area contributed by atoms with E-state index in [1.54, 1.807) is 13.3 Å². The molecule has 0 bridgehead atoms. The van der Waals surface area contributed by atoms with Crippen LogP contribution in [0.25, 0.3) is 21.7 Å². The maximum absolute atomic E-state index is 5.87. The Balaban J connectivity index is 0.00000161. The Morgan fingerprint density at radius 3 is 2.48 bits per heavy atom. The van der Waals surface area contributed by atoms with Crippen molar-refractivity contribution in [3.05, 3.63) is 48.8 Å². The lowest BCUT2D eigenvalue weighted by Crippen LogP contribution is -1.86. The molecule has 6 heteroatoms. The number of nitrogen functional groups attached to an aromatic ring is 1. The van der Waals surface area contributed by atoms with E-state index < -0.39 is 0 Å². The molecule has 0 aliphatic heterocycles. The molecular weight excluding hydrogens is 306 g/mol. The minimum Gasteiger partial charge on any atom is -0.497 e. The van der Waals surface area contributed by atoms with Crippen molar-refractivity contribution in [2.45, 2.75) is 0 Å². The smallest absolute Gasteiger partial charge is 0.181 e. The quantitative estimate of drug-likeness (QED) is 0.795. The number of nitrogens with zero attached hydrogens (tertiary/aromatic N) is 2. The molecule has 2 aromatic heterocycles. The number of halogens is 1. The largest absolute Gasteiger partial charge is 0.497 e. The number of rotatable bonds is 3. The zero-order valence-corrected chi connectivity index (χ0v) is 12.9. The highest BCUT2D eigenvalue weighted by molar-refractivity contribution is 7.19. The highest BCUT2D eigenvalue weighted by atomic mass is 35.5. The lowest BCUT2D eigenvalue weighted by atomic mass is 10.1. The van der Waals surface area contributed by atoms with Crippen LogP contribution in [0.5, 0.6) is 5.75 Å². The Hall–Kier alpha value is -2.11. The summed E-state index contributed by atoms with van der Waals surface area (Å²) in [5.41, 5.74) is 8.78. The van der Waals surface area contributed by atoms with Crippen molar-refractivity contribution in [2.75, 3.05) is 12.8 Å². The fourth-order valence-corrected chi connectivity index (χ4v) is 2.82. The highest BCUT2D eigenvalue weighted by Crippen LogP contribution is 2.37. The first-order valence-electron chi connectivity index (χ1n) is 6.09. The zero-order chi connectivity index (χ0) is 13.9. The highest BCUT2D eigenvalue weighted by Gasteiger charge is 2.13. The number of anilines is 1. The summed E-state index contributed by atoms with van der Waals surface area (Å²) in [6, 6.07) is 11.7. The molecule has 0 atom stereocenters. The summed E-state index contributed by atoms with van der Waals surface area (Å²) in [6.07, 6.45) is 3.57. The van der Waals surface area contributed by atoms with Gasteiger partial charge < -0.3 is 10.5 Å². The minimum atomic E-state index is 0. The number of pyridine rings is 1. The van der Waals surface area contributed by atoms with Crippen LogP contribution in [0.4, 0.5) is 5.13 Å². The second-order valence-electron chi connectivity index (χ2n) is 4.20. The normalized spacial score (nSPS) is 9.95. The van der Waals surface area contributed by atoms with E-state index in [2.05, 4.69) is 9.97 Å². The maximum atomic E-state index is 5.87. The van der Waals surface area contributed by atoms with Crippen molar-refractivity contribution in [1.82, 2.24) is 9.97 Å². The third-order valence-electron chi connectivity index (χ3n) is 2.93. The number of ether oxygens (including phenoxy) is 1. The number of nitrogens with two attached hydrogens (primary N) is 1. The van der Waals surface area contributed by atoms with Gasteiger partial charge in [0.1, 0.15) is 5.75 Å². The molecule has 4 nitrogen and oxygen atoms in total. The molecule has 108 valence electrons. The maximum Gasteiger partial charge on any atom is 0.181 e. The Morgan fingerprint density at radius 1 is 1.10 bits per heavy atom. The number of benzene rings is 1. The van der Waals surface area contributed by atoms with Gasteiger partial charge in [0.25, 0.3) is 0 Å². The van der Waals surface area contributed by atoms with Crippen molar-refractivity contribution < 1.29 is 4.74 Å². The van der Waals surface area contributed by atoms with E-state index in [0.29, 0.717) is 5.13 Å². The monoisotopic (exact) mass is 319 g/mol. The van der Waals surface area contributed by atoms with Crippen LogP contribution in [0.3, 0.4) is 0 Å². The average molecular weight is 320 g/mol. The van der Waals surface area contributed by atoms with Crippen molar-refractivity contribution in [1.29, 1.82) is 0 Å². The summed E-state index contributed by atoms with van der Waals surface area (Å²) in [4.78, 5) is 9.62. The first-order valence-corrected chi connectivity index (χ1v) is 6.90. The van der Waals surface area contributed by atoms with Crippen LogP contribution in [-0.2, 0) is 0 Å². The van der Waals surface area contributed by atoms with Gasteiger partial charge in [0, 0.05) is 23.5 Å². The Labute approximate surface area is 133 Å². The van der Waals surface area contributed by atoms with Gasteiger partial charge in [0.15, 0.2) is 5.13 Å². The topological polar surface area (TPSA) is 61.0 Å². The van der Waals surface area contributed by atoms with Crippen molar-refractivity contribution >= 4 is 28.9 Å². The predicted octanol–water partition coefficient (Wildman–Crippen LogP) is 3.88. The number of hydrogen-bond donors (Lipinski definition) is 1. The third-order valence-corrected chi connectivity index (χ3v) is 3.86. The van der Waals surface area contributed by atoms with E-state index in [1.165, 1.54) is 11.3 Å². The van der Waals surface area contributed by atoms with Gasteiger partial charge in [-0.15, -0.1) is 12.4 Å². The molecule has 2 N–H and O–H groups in total. The molecule has 21 heavy (non-hydrogen) atoms. The number of thiazole rings is 1. The van der Waals surface area contributed by atoms with E-state index in [0.717, 1.165) is 27.4 Å². The summed E-state index contributed by atoms with van der Waals surface area (Å²) < 4.78 is 5.17. The molecule has 1 aromatic carbocycles. The Kier molecular flexibility index (Phi) is 4.77. The van der Waals surface area contributed by atoms with Gasteiger partial charge in [0.2, 0.25) is 0 Å². The van der Waals surface area contributed by atoms with Crippen LogP contribution in [0.2, 0.25) is 0 Å². The van der Waals surface area contributed by atoms with Crippen molar-refractivity contribution in [3.8, 4) is 27.4 Å². The lowest BCUT2D eigenvalue weighted by molar-refractivity contribution is 0.415. The molecular formula is C15H14ClN3OS. The molecule has 0 saturated carbocycles. The van der Waals surface area contributed by atoms with Crippen LogP contribution in [-0.4, -0.2) is 17.1 Å². The zero-order valence-electron chi connectivity index (χ0n) is 11.3. The molecule has 0 amide bonds. The summed E-state index contributed by atoms with van der Waals surface area (Å²) in [6.45, 7) is 0. The van der Waals surface area contributed by atoms with Crippen LogP contribution < -0.4 is 10.5 Å². The summed E-state index contributed by atoms with van der Waals surface area (Å²) in [7, 11) is 1.65. The minimum absolute atomic E-state index is 0. The van der Waals surface area contributed by atoms with Crippen molar-refractivity contribution in [2.24, 2.45) is 0 Å². The van der Waals surface area contributed by atoms with Gasteiger partial charge in [-0.3, -0.25) is 4.98 Å². The van der Waals surface area contributed by atoms with Gasteiger partial charge in [-0.25, -0.2) is 4.98 Å². The van der Waals surface area contributed by atoms with Gasteiger partial charge >= 0.3 is 0 Å². The average Bonchev–Trinajstić information content (AvgIpc) is 2.90.